The third-order valence-corrected chi connectivity index (χ3v) is 2.56. The number of alkyl carbamates (subject to hydrolysis) is 1. The van der Waals surface area contributed by atoms with E-state index in [0.717, 1.165) is 11.3 Å². The van der Waals surface area contributed by atoms with E-state index in [1.165, 1.54) is 0 Å². The zero-order chi connectivity index (χ0) is 15.2. The molecule has 0 aliphatic carbocycles. The molecule has 1 amide bonds. The lowest BCUT2D eigenvalue weighted by molar-refractivity contribution is 0.0483. The third-order valence-electron chi connectivity index (χ3n) is 2.56. The van der Waals surface area contributed by atoms with Crippen LogP contribution >= 0.6 is 0 Å². The van der Waals surface area contributed by atoms with Crippen molar-refractivity contribution in [3.63, 3.8) is 0 Å². The van der Waals surface area contributed by atoms with Crippen molar-refractivity contribution >= 4 is 6.09 Å². The summed E-state index contributed by atoms with van der Waals surface area (Å²) in [5, 5.41) is 12.0. The topological polar surface area (TPSA) is 67.8 Å². The standard InChI is InChI=1S/C15H23NO4/c1-15(2,3)20-14(18)16-12(10-17)8-11-6-5-7-13(9-11)19-4/h5-7,9,12,17H,8,10H2,1-4H3,(H,16,18)/t12-/m0/s1. The van der Waals surface area contributed by atoms with E-state index in [4.69, 9.17) is 9.47 Å². The molecule has 5 nitrogen and oxygen atoms in total. The zero-order valence-electron chi connectivity index (χ0n) is 12.5. The molecule has 5 heteroatoms. The van der Waals surface area contributed by atoms with Gasteiger partial charge in [-0.25, -0.2) is 4.79 Å². The highest BCUT2D eigenvalue weighted by atomic mass is 16.6. The largest absolute Gasteiger partial charge is 0.497 e. The lowest BCUT2D eigenvalue weighted by Crippen LogP contribution is -2.42. The number of carbonyl (C=O) groups excluding carboxylic acids is 1. The molecular formula is C15H23NO4. The van der Waals surface area contributed by atoms with Crippen LogP contribution in [-0.2, 0) is 11.2 Å². The quantitative estimate of drug-likeness (QED) is 0.867. The Kier molecular flexibility index (Phi) is 5.82. The van der Waals surface area contributed by atoms with Gasteiger partial charge in [-0.3, -0.25) is 0 Å². The van der Waals surface area contributed by atoms with Crippen molar-refractivity contribution < 1.29 is 19.4 Å². The van der Waals surface area contributed by atoms with Crippen LogP contribution in [-0.4, -0.2) is 36.6 Å². The van der Waals surface area contributed by atoms with Crippen LogP contribution in [0.15, 0.2) is 24.3 Å². The maximum atomic E-state index is 11.7. The van der Waals surface area contributed by atoms with Crippen LogP contribution in [0.5, 0.6) is 5.75 Å². The van der Waals surface area contributed by atoms with Gasteiger partial charge in [-0.1, -0.05) is 12.1 Å². The molecule has 0 fully saturated rings. The first-order chi connectivity index (χ1) is 9.34. The Bertz CT molecular complexity index is 440. The fourth-order valence-corrected chi connectivity index (χ4v) is 1.72. The van der Waals surface area contributed by atoms with Crippen molar-refractivity contribution in [3.8, 4) is 5.75 Å². The minimum Gasteiger partial charge on any atom is -0.497 e. The van der Waals surface area contributed by atoms with Crippen LogP contribution in [0.25, 0.3) is 0 Å². The Balaban J connectivity index is 2.60. The van der Waals surface area contributed by atoms with Crippen LogP contribution < -0.4 is 10.1 Å². The summed E-state index contributed by atoms with van der Waals surface area (Å²) in [5.41, 5.74) is 0.416. The highest BCUT2D eigenvalue weighted by Gasteiger charge is 2.19. The highest BCUT2D eigenvalue weighted by molar-refractivity contribution is 5.68. The molecule has 2 N–H and O–H groups in total. The number of aliphatic hydroxyl groups is 1. The molecular weight excluding hydrogens is 258 g/mol. The van der Waals surface area contributed by atoms with E-state index in [0.29, 0.717) is 6.42 Å². The van der Waals surface area contributed by atoms with E-state index < -0.39 is 17.7 Å². The van der Waals surface area contributed by atoms with Crippen molar-refractivity contribution in [2.45, 2.75) is 38.8 Å². The molecule has 112 valence electrons. The fraction of sp³-hybridized carbons (Fsp3) is 0.533. The number of hydrogen-bond donors (Lipinski definition) is 2. The number of benzene rings is 1. The second-order valence-corrected chi connectivity index (χ2v) is 5.58. The van der Waals surface area contributed by atoms with E-state index in [1.54, 1.807) is 27.9 Å². The first-order valence-electron chi connectivity index (χ1n) is 6.57. The summed E-state index contributed by atoms with van der Waals surface area (Å²) in [5.74, 6) is 0.747. The number of methoxy groups -OCH3 is 1. The predicted octanol–water partition coefficient (Wildman–Crippen LogP) is 2.12. The monoisotopic (exact) mass is 281 g/mol. The summed E-state index contributed by atoms with van der Waals surface area (Å²) in [7, 11) is 1.60. The Morgan fingerprint density at radius 2 is 2.10 bits per heavy atom. The number of hydrogen-bond acceptors (Lipinski definition) is 4. The average molecular weight is 281 g/mol. The molecule has 1 aromatic carbocycles. The molecule has 0 radical (unpaired) electrons. The average Bonchev–Trinajstić information content (AvgIpc) is 2.36. The van der Waals surface area contributed by atoms with Crippen molar-refractivity contribution in [2.75, 3.05) is 13.7 Å². The molecule has 0 aromatic heterocycles. The van der Waals surface area contributed by atoms with Crippen LogP contribution in [0.2, 0.25) is 0 Å². The van der Waals surface area contributed by atoms with E-state index in [2.05, 4.69) is 5.32 Å². The smallest absolute Gasteiger partial charge is 0.407 e. The van der Waals surface area contributed by atoms with Gasteiger partial charge in [-0.2, -0.15) is 0 Å². The second-order valence-electron chi connectivity index (χ2n) is 5.58. The van der Waals surface area contributed by atoms with Gasteiger partial charge in [0.1, 0.15) is 11.4 Å². The summed E-state index contributed by atoms with van der Waals surface area (Å²) < 4.78 is 10.3. The van der Waals surface area contributed by atoms with E-state index in [-0.39, 0.29) is 6.61 Å². The second kappa shape index (κ2) is 7.14. The van der Waals surface area contributed by atoms with Gasteiger partial charge >= 0.3 is 6.09 Å². The predicted molar refractivity (Wildman–Crippen MR) is 76.9 cm³/mol. The summed E-state index contributed by atoms with van der Waals surface area (Å²) in [6, 6.07) is 7.12. The van der Waals surface area contributed by atoms with E-state index in [9.17, 15) is 9.90 Å². The van der Waals surface area contributed by atoms with Gasteiger partial charge in [0.25, 0.3) is 0 Å². The van der Waals surface area contributed by atoms with Crippen LogP contribution in [0.3, 0.4) is 0 Å². The summed E-state index contributed by atoms with van der Waals surface area (Å²) >= 11 is 0. The number of nitrogens with one attached hydrogen (secondary N) is 1. The van der Waals surface area contributed by atoms with Crippen molar-refractivity contribution in [1.82, 2.24) is 5.32 Å². The van der Waals surface area contributed by atoms with Crippen LogP contribution in [0.4, 0.5) is 4.79 Å². The number of aliphatic hydroxyl groups excluding tert-OH is 1. The van der Waals surface area contributed by atoms with Crippen LogP contribution in [0.1, 0.15) is 26.3 Å². The van der Waals surface area contributed by atoms with E-state index >= 15 is 0 Å². The number of rotatable bonds is 5. The maximum Gasteiger partial charge on any atom is 0.407 e. The van der Waals surface area contributed by atoms with Gasteiger partial charge in [0.05, 0.1) is 19.8 Å². The van der Waals surface area contributed by atoms with Gasteiger partial charge in [0.2, 0.25) is 0 Å². The molecule has 0 spiro atoms. The molecule has 1 rings (SSSR count). The van der Waals surface area contributed by atoms with Gasteiger partial charge in [-0.05, 0) is 44.9 Å². The van der Waals surface area contributed by atoms with Gasteiger partial charge < -0.3 is 19.9 Å². The van der Waals surface area contributed by atoms with Gasteiger partial charge in [0, 0.05) is 0 Å². The highest BCUT2D eigenvalue weighted by Crippen LogP contribution is 2.14. The van der Waals surface area contributed by atoms with Crippen LogP contribution in [0, 0.1) is 0 Å². The molecule has 1 aromatic rings. The summed E-state index contributed by atoms with van der Waals surface area (Å²) in [6.07, 6.45) is -0.0214. The van der Waals surface area contributed by atoms with Crippen molar-refractivity contribution in [2.24, 2.45) is 0 Å². The Morgan fingerprint density at radius 1 is 1.40 bits per heavy atom. The minimum absolute atomic E-state index is 0.156. The van der Waals surface area contributed by atoms with E-state index in [1.807, 2.05) is 24.3 Å². The number of amides is 1. The third kappa shape index (κ3) is 5.93. The lowest BCUT2D eigenvalue weighted by Gasteiger charge is -2.22. The molecule has 1 atom stereocenters. The molecule has 0 aliphatic heterocycles. The summed E-state index contributed by atoms with van der Waals surface area (Å²) in [4.78, 5) is 11.7. The Hall–Kier alpha value is -1.75. The Morgan fingerprint density at radius 3 is 2.65 bits per heavy atom. The zero-order valence-corrected chi connectivity index (χ0v) is 12.5. The van der Waals surface area contributed by atoms with Gasteiger partial charge in [-0.15, -0.1) is 0 Å². The van der Waals surface area contributed by atoms with Crippen molar-refractivity contribution in [1.29, 1.82) is 0 Å². The number of carbonyl (C=O) groups is 1. The summed E-state index contributed by atoms with van der Waals surface area (Å²) in [6.45, 7) is 5.23. The minimum atomic E-state index is -0.555. The molecule has 0 saturated carbocycles. The molecule has 0 aliphatic rings. The molecule has 0 saturated heterocycles. The molecule has 0 heterocycles. The maximum absolute atomic E-state index is 11.7. The number of ether oxygens (including phenoxy) is 2. The molecule has 0 bridgehead atoms. The SMILES string of the molecule is COc1cccc(C[C@@H](CO)NC(=O)OC(C)(C)C)c1. The normalized spacial score (nSPS) is 12.7. The Labute approximate surface area is 119 Å². The molecule has 20 heavy (non-hydrogen) atoms. The first-order valence-corrected chi connectivity index (χ1v) is 6.57. The first kappa shape index (κ1) is 16.3. The van der Waals surface area contributed by atoms with Crippen molar-refractivity contribution in [3.05, 3.63) is 29.8 Å². The van der Waals surface area contributed by atoms with Gasteiger partial charge in [0.15, 0.2) is 0 Å². The molecule has 0 unspecified atom stereocenters. The fourth-order valence-electron chi connectivity index (χ4n) is 1.72. The lowest BCUT2D eigenvalue weighted by atomic mass is 10.1.